The molecule has 0 heterocycles. The Hall–Kier alpha value is -1.26. The van der Waals surface area contributed by atoms with E-state index in [1.165, 1.54) is 0 Å². The lowest BCUT2D eigenvalue weighted by molar-refractivity contribution is -0.152. The minimum absolute atomic E-state index is 0.0380. The van der Waals surface area contributed by atoms with Gasteiger partial charge in [-0.15, -0.1) is 0 Å². The van der Waals surface area contributed by atoms with Gasteiger partial charge in [0.25, 0.3) is 0 Å². The fourth-order valence-electron chi connectivity index (χ4n) is 1.10. The van der Waals surface area contributed by atoms with Crippen LogP contribution in [-0.2, 0) is 9.53 Å². The molecule has 0 atom stereocenters. The van der Waals surface area contributed by atoms with Crippen LogP contribution in [0.4, 0.5) is 0 Å². The number of esters is 1. The van der Waals surface area contributed by atoms with Gasteiger partial charge in [-0.05, 0) is 34.1 Å². The first kappa shape index (κ1) is 15.7. The third-order valence-electron chi connectivity index (χ3n) is 1.67. The highest BCUT2D eigenvalue weighted by molar-refractivity contribution is 5.83. The van der Waals surface area contributed by atoms with Crippen molar-refractivity contribution in [1.82, 2.24) is 10.6 Å². The molecule has 0 saturated heterocycles. The molecule has 0 saturated carbocycles. The molecule has 0 radical (unpaired) electrons. The zero-order chi connectivity index (χ0) is 13.3. The third-order valence-corrected chi connectivity index (χ3v) is 1.67. The van der Waals surface area contributed by atoms with Gasteiger partial charge in [0.1, 0.15) is 12.1 Å². The maximum absolute atomic E-state index is 11.5. The SMILES string of the molecule is CCCNC(=NCC(=O)OC(C)(C)C)NCC. The number of aliphatic imine (C=N–C) groups is 1. The van der Waals surface area contributed by atoms with Gasteiger partial charge in [-0.1, -0.05) is 6.92 Å². The summed E-state index contributed by atoms with van der Waals surface area (Å²) in [5.41, 5.74) is -0.457. The van der Waals surface area contributed by atoms with E-state index >= 15 is 0 Å². The lowest BCUT2D eigenvalue weighted by atomic mass is 10.2. The van der Waals surface area contributed by atoms with Gasteiger partial charge >= 0.3 is 5.97 Å². The van der Waals surface area contributed by atoms with E-state index in [9.17, 15) is 4.79 Å². The highest BCUT2D eigenvalue weighted by atomic mass is 16.6. The number of hydrogen-bond donors (Lipinski definition) is 2. The first-order valence-electron chi connectivity index (χ1n) is 6.13. The van der Waals surface area contributed by atoms with Crippen LogP contribution in [0.15, 0.2) is 4.99 Å². The van der Waals surface area contributed by atoms with E-state index in [1.807, 2.05) is 27.7 Å². The summed E-state index contributed by atoms with van der Waals surface area (Å²) in [6.45, 7) is 11.2. The predicted molar refractivity (Wildman–Crippen MR) is 70.1 cm³/mol. The van der Waals surface area contributed by atoms with Crippen LogP contribution in [0.2, 0.25) is 0 Å². The summed E-state index contributed by atoms with van der Waals surface area (Å²) in [7, 11) is 0. The average Bonchev–Trinajstić information content (AvgIpc) is 2.19. The number of hydrogen-bond acceptors (Lipinski definition) is 3. The van der Waals surface area contributed by atoms with E-state index in [-0.39, 0.29) is 12.5 Å². The van der Waals surface area contributed by atoms with E-state index in [4.69, 9.17) is 4.74 Å². The molecule has 17 heavy (non-hydrogen) atoms. The first-order valence-corrected chi connectivity index (χ1v) is 6.13. The number of nitrogens with one attached hydrogen (secondary N) is 2. The van der Waals surface area contributed by atoms with Crippen LogP contribution < -0.4 is 10.6 Å². The van der Waals surface area contributed by atoms with Gasteiger partial charge in [-0.25, -0.2) is 4.99 Å². The fourth-order valence-corrected chi connectivity index (χ4v) is 1.10. The van der Waals surface area contributed by atoms with Crippen molar-refractivity contribution in [3.63, 3.8) is 0 Å². The molecule has 0 aliphatic heterocycles. The summed E-state index contributed by atoms with van der Waals surface area (Å²) < 4.78 is 5.17. The van der Waals surface area contributed by atoms with Gasteiger partial charge in [0.2, 0.25) is 0 Å². The standard InChI is InChI=1S/C12H25N3O2/c1-6-8-14-11(13-7-2)15-9-10(16)17-12(3,4)5/h6-9H2,1-5H3,(H2,13,14,15). The molecule has 5 nitrogen and oxygen atoms in total. The van der Waals surface area contributed by atoms with Gasteiger partial charge in [0.15, 0.2) is 5.96 Å². The van der Waals surface area contributed by atoms with Crippen LogP contribution in [-0.4, -0.2) is 37.2 Å². The summed E-state index contributed by atoms with van der Waals surface area (Å²) in [6.07, 6.45) is 1.01. The maximum Gasteiger partial charge on any atom is 0.328 e. The molecular formula is C12H25N3O2. The lowest BCUT2D eigenvalue weighted by Crippen LogP contribution is -2.38. The van der Waals surface area contributed by atoms with Crippen molar-refractivity contribution in [2.24, 2.45) is 4.99 Å². The van der Waals surface area contributed by atoms with Crippen LogP contribution in [0.1, 0.15) is 41.0 Å². The van der Waals surface area contributed by atoms with Crippen LogP contribution in [0.3, 0.4) is 0 Å². The molecule has 0 rings (SSSR count). The molecule has 5 heteroatoms. The zero-order valence-corrected chi connectivity index (χ0v) is 11.6. The quantitative estimate of drug-likeness (QED) is 0.434. The number of carbonyl (C=O) groups is 1. The van der Waals surface area contributed by atoms with Crippen molar-refractivity contribution in [2.75, 3.05) is 19.6 Å². The zero-order valence-electron chi connectivity index (χ0n) is 11.6. The Bertz CT molecular complexity index is 257. The maximum atomic E-state index is 11.5. The summed E-state index contributed by atoms with van der Waals surface area (Å²) in [4.78, 5) is 15.6. The Labute approximate surface area is 104 Å². The van der Waals surface area contributed by atoms with Crippen molar-refractivity contribution < 1.29 is 9.53 Å². The normalized spacial score (nSPS) is 12.2. The Kier molecular flexibility index (Phi) is 7.34. The van der Waals surface area contributed by atoms with Gasteiger partial charge in [0.05, 0.1) is 0 Å². The monoisotopic (exact) mass is 243 g/mol. The van der Waals surface area contributed by atoms with Gasteiger partial charge < -0.3 is 15.4 Å². The molecule has 0 fully saturated rings. The summed E-state index contributed by atoms with van der Waals surface area (Å²) in [5, 5.41) is 6.19. The summed E-state index contributed by atoms with van der Waals surface area (Å²) in [5.74, 6) is 0.339. The minimum Gasteiger partial charge on any atom is -0.459 e. The van der Waals surface area contributed by atoms with Crippen LogP contribution in [0.5, 0.6) is 0 Å². The first-order chi connectivity index (χ1) is 7.89. The van der Waals surface area contributed by atoms with Crippen molar-refractivity contribution in [3.05, 3.63) is 0 Å². The van der Waals surface area contributed by atoms with E-state index in [2.05, 4.69) is 22.5 Å². The minimum atomic E-state index is -0.457. The molecule has 0 spiro atoms. The highest BCUT2D eigenvalue weighted by Gasteiger charge is 2.15. The van der Waals surface area contributed by atoms with Crippen molar-refractivity contribution >= 4 is 11.9 Å². The van der Waals surface area contributed by atoms with Gasteiger partial charge in [-0.3, -0.25) is 4.79 Å². The smallest absolute Gasteiger partial charge is 0.328 e. The second-order valence-electron chi connectivity index (χ2n) is 4.71. The summed E-state index contributed by atoms with van der Waals surface area (Å²) >= 11 is 0. The Morgan fingerprint density at radius 2 is 1.88 bits per heavy atom. The molecule has 0 unspecified atom stereocenters. The van der Waals surface area contributed by atoms with Crippen LogP contribution in [0, 0.1) is 0 Å². The second kappa shape index (κ2) is 7.92. The number of ether oxygens (including phenoxy) is 1. The topological polar surface area (TPSA) is 62.7 Å². The number of rotatable bonds is 5. The van der Waals surface area contributed by atoms with Crippen LogP contribution >= 0.6 is 0 Å². The molecule has 0 bridgehead atoms. The molecule has 0 amide bonds. The predicted octanol–water partition coefficient (Wildman–Crippen LogP) is 1.29. The van der Waals surface area contributed by atoms with Gasteiger partial charge in [0, 0.05) is 13.1 Å². The average molecular weight is 243 g/mol. The fraction of sp³-hybridized carbons (Fsp3) is 0.833. The summed E-state index contributed by atoms with van der Waals surface area (Å²) in [6, 6.07) is 0. The Balaban J connectivity index is 4.18. The molecule has 0 aromatic heterocycles. The molecular weight excluding hydrogens is 218 g/mol. The number of guanidine groups is 1. The molecule has 0 aromatic rings. The number of carbonyl (C=O) groups excluding carboxylic acids is 1. The van der Waals surface area contributed by atoms with Crippen molar-refractivity contribution in [3.8, 4) is 0 Å². The largest absolute Gasteiger partial charge is 0.459 e. The van der Waals surface area contributed by atoms with Crippen molar-refractivity contribution in [2.45, 2.75) is 46.6 Å². The Morgan fingerprint density at radius 3 is 2.35 bits per heavy atom. The van der Waals surface area contributed by atoms with E-state index in [0.29, 0.717) is 5.96 Å². The molecule has 100 valence electrons. The Morgan fingerprint density at radius 1 is 1.24 bits per heavy atom. The van der Waals surface area contributed by atoms with Crippen LogP contribution in [0.25, 0.3) is 0 Å². The highest BCUT2D eigenvalue weighted by Crippen LogP contribution is 2.06. The van der Waals surface area contributed by atoms with E-state index in [1.54, 1.807) is 0 Å². The van der Waals surface area contributed by atoms with E-state index < -0.39 is 5.60 Å². The molecule has 2 N–H and O–H groups in total. The molecule has 0 aliphatic rings. The van der Waals surface area contributed by atoms with E-state index in [0.717, 1.165) is 19.5 Å². The number of nitrogens with zero attached hydrogens (tertiary/aromatic N) is 1. The lowest BCUT2D eigenvalue weighted by Gasteiger charge is -2.19. The third kappa shape index (κ3) is 9.66. The second-order valence-corrected chi connectivity index (χ2v) is 4.71. The molecule has 0 aromatic carbocycles. The molecule has 0 aliphatic carbocycles. The van der Waals surface area contributed by atoms with Gasteiger partial charge in [-0.2, -0.15) is 0 Å². The van der Waals surface area contributed by atoms with Crippen molar-refractivity contribution in [1.29, 1.82) is 0 Å².